The highest BCUT2D eigenvalue weighted by molar-refractivity contribution is 8.21. The van der Waals surface area contributed by atoms with Crippen LogP contribution >= 0.6 is 21.7 Å². The van der Waals surface area contributed by atoms with Crippen LogP contribution in [0.5, 0.6) is 0 Å². The van der Waals surface area contributed by atoms with Crippen LogP contribution in [-0.2, 0) is 0 Å². The molecule has 0 atom stereocenters. The lowest BCUT2D eigenvalue weighted by molar-refractivity contribution is 1.52. The van der Waals surface area contributed by atoms with Crippen LogP contribution in [0, 0.1) is 0 Å². The van der Waals surface area contributed by atoms with E-state index >= 15 is 0 Å². The second kappa shape index (κ2) is 3.38. The Labute approximate surface area is 80.0 Å². The summed E-state index contributed by atoms with van der Waals surface area (Å²) in [5.74, 6) is 0. The summed E-state index contributed by atoms with van der Waals surface area (Å²) in [6.07, 6.45) is 0. The van der Waals surface area contributed by atoms with Gasteiger partial charge in [0.2, 0.25) is 0 Å². The average molecular weight is 195 g/mol. The molecule has 0 nitrogen and oxygen atoms in total. The monoisotopic (exact) mass is 194 g/mol. The molecule has 0 unspecified atom stereocenters. The number of fused-ring (bicyclic) bond motifs is 1. The van der Waals surface area contributed by atoms with Gasteiger partial charge in [-0.3, -0.25) is 0 Å². The van der Waals surface area contributed by atoms with E-state index in [2.05, 4.69) is 24.3 Å². The average Bonchev–Trinajstić information content (AvgIpc) is 2.17. The van der Waals surface area contributed by atoms with E-state index in [1.807, 2.05) is 18.2 Å². The molecule has 0 saturated heterocycles. The highest BCUT2D eigenvalue weighted by atomic mass is 35.7. The maximum atomic E-state index is 5.64. The zero-order valence-electron chi connectivity index (χ0n) is 6.33. The third kappa shape index (κ3) is 1.43. The Kier molecular flexibility index (Phi) is 2.24. The van der Waals surface area contributed by atoms with Crippen molar-refractivity contribution in [3.8, 4) is 0 Å². The predicted octanol–water partition coefficient (Wildman–Crippen LogP) is 4.09. The molecule has 0 bridgehead atoms. The van der Waals surface area contributed by atoms with E-state index in [1.54, 1.807) is 0 Å². The first-order valence-electron chi connectivity index (χ1n) is 3.67. The lowest BCUT2D eigenvalue weighted by Gasteiger charge is -1.98. The van der Waals surface area contributed by atoms with Gasteiger partial charge in [0.1, 0.15) is 0 Å². The Balaban J connectivity index is 2.67. The lowest BCUT2D eigenvalue weighted by Crippen LogP contribution is -1.71. The van der Waals surface area contributed by atoms with E-state index in [4.69, 9.17) is 10.7 Å². The van der Waals surface area contributed by atoms with Gasteiger partial charge in [0.25, 0.3) is 0 Å². The molecule has 0 spiro atoms. The summed E-state index contributed by atoms with van der Waals surface area (Å²) in [6, 6.07) is 14.5. The topological polar surface area (TPSA) is 0 Å². The molecule has 0 aliphatic rings. The Morgan fingerprint density at radius 1 is 0.917 bits per heavy atom. The van der Waals surface area contributed by atoms with E-state index in [-0.39, 0.29) is 0 Å². The van der Waals surface area contributed by atoms with Crippen LogP contribution in [-0.4, -0.2) is 0 Å². The normalized spacial score (nSPS) is 10.4. The molecular formula is C10H7ClS. The Morgan fingerprint density at radius 2 is 1.67 bits per heavy atom. The molecule has 2 rings (SSSR count). The molecule has 0 radical (unpaired) electrons. The van der Waals surface area contributed by atoms with Crippen molar-refractivity contribution < 1.29 is 0 Å². The summed E-state index contributed by atoms with van der Waals surface area (Å²) in [6.45, 7) is 0. The van der Waals surface area contributed by atoms with Gasteiger partial charge < -0.3 is 0 Å². The van der Waals surface area contributed by atoms with Gasteiger partial charge in [0, 0.05) is 4.90 Å². The van der Waals surface area contributed by atoms with E-state index in [1.165, 1.54) is 21.7 Å². The minimum Gasteiger partial charge on any atom is -0.0616 e. The van der Waals surface area contributed by atoms with Crippen LogP contribution in [0.4, 0.5) is 0 Å². The van der Waals surface area contributed by atoms with Crippen LogP contribution in [0.3, 0.4) is 0 Å². The third-order valence-corrected chi connectivity index (χ3v) is 2.78. The highest BCUT2D eigenvalue weighted by Gasteiger charge is 1.93. The second-order valence-corrected chi connectivity index (χ2v) is 3.67. The number of hydrogen-bond acceptors (Lipinski definition) is 1. The van der Waals surface area contributed by atoms with Gasteiger partial charge in [-0.05, 0) is 44.6 Å². The summed E-state index contributed by atoms with van der Waals surface area (Å²) in [5, 5.41) is 2.50. The predicted molar refractivity (Wildman–Crippen MR) is 55.7 cm³/mol. The lowest BCUT2D eigenvalue weighted by atomic mass is 10.1. The molecule has 60 valence electrons. The molecule has 0 aromatic heterocycles. The maximum Gasteiger partial charge on any atom is 0.0239 e. The smallest absolute Gasteiger partial charge is 0.0239 e. The first-order chi connectivity index (χ1) is 5.90. The quantitative estimate of drug-likeness (QED) is 0.659. The van der Waals surface area contributed by atoms with Crippen molar-refractivity contribution in [2.24, 2.45) is 0 Å². The van der Waals surface area contributed by atoms with Crippen LogP contribution < -0.4 is 0 Å². The van der Waals surface area contributed by atoms with Crippen molar-refractivity contribution in [3.63, 3.8) is 0 Å². The van der Waals surface area contributed by atoms with Crippen molar-refractivity contribution in [2.75, 3.05) is 0 Å². The Hall–Kier alpha value is -0.660. The molecule has 2 aromatic rings. The fraction of sp³-hybridized carbons (Fsp3) is 0. The van der Waals surface area contributed by atoms with Gasteiger partial charge in [-0.15, -0.1) is 0 Å². The third-order valence-electron chi connectivity index (χ3n) is 1.81. The fourth-order valence-electron chi connectivity index (χ4n) is 1.22. The highest BCUT2D eigenvalue weighted by Crippen LogP contribution is 2.25. The minimum absolute atomic E-state index is 1.09. The summed E-state index contributed by atoms with van der Waals surface area (Å²) >= 11 is 0. The van der Waals surface area contributed by atoms with E-state index in [0.29, 0.717) is 0 Å². The van der Waals surface area contributed by atoms with Crippen LogP contribution in [0.2, 0.25) is 0 Å². The van der Waals surface area contributed by atoms with Crippen LogP contribution in [0.15, 0.2) is 47.4 Å². The minimum atomic E-state index is 1.09. The zero-order chi connectivity index (χ0) is 8.39. The van der Waals surface area contributed by atoms with Crippen molar-refractivity contribution >= 4 is 32.4 Å². The first-order valence-corrected chi connectivity index (χ1v) is 5.32. The molecule has 12 heavy (non-hydrogen) atoms. The largest absolute Gasteiger partial charge is 0.0616 e. The summed E-state index contributed by atoms with van der Waals surface area (Å²) in [7, 11) is 6.90. The van der Waals surface area contributed by atoms with E-state index in [0.717, 1.165) is 4.90 Å². The Bertz CT molecular complexity index is 398. The molecule has 0 aliphatic heterocycles. The van der Waals surface area contributed by atoms with Gasteiger partial charge >= 0.3 is 0 Å². The van der Waals surface area contributed by atoms with Crippen molar-refractivity contribution in [3.05, 3.63) is 42.5 Å². The van der Waals surface area contributed by atoms with Crippen LogP contribution in [0.25, 0.3) is 10.8 Å². The molecule has 0 saturated carbocycles. The molecule has 2 heteroatoms. The van der Waals surface area contributed by atoms with E-state index in [9.17, 15) is 0 Å². The molecule has 0 aliphatic carbocycles. The second-order valence-electron chi connectivity index (χ2n) is 2.59. The molecule has 0 N–H and O–H groups in total. The number of rotatable bonds is 1. The molecule has 0 heterocycles. The first kappa shape index (κ1) is 7.96. The Morgan fingerprint density at radius 3 is 2.42 bits per heavy atom. The number of benzene rings is 2. The van der Waals surface area contributed by atoms with Crippen molar-refractivity contribution in [1.29, 1.82) is 0 Å². The molecular weight excluding hydrogens is 188 g/mol. The van der Waals surface area contributed by atoms with Crippen LogP contribution in [0.1, 0.15) is 0 Å². The molecule has 2 aromatic carbocycles. The van der Waals surface area contributed by atoms with Crippen molar-refractivity contribution in [2.45, 2.75) is 4.90 Å². The van der Waals surface area contributed by atoms with Gasteiger partial charge in [0.15, 0.2) is 0 Å². The number of hydrogen-bond donors (Lipinski definition) is 0. The molecule has 0 amide bonds. The SMILES string of the molecule is ClSc1ccc2ccccc2c1. The standard InChI is InChI=1S/C10H7ClS/c11-12-10-6-5-8-3-1-2-4-9(8)7-10/h1-7H. The molecule has 0 fully saturated rings. The van der Waals surface area contributed by atoms with Gasteiger partial charge in [-0.2, -0.15) is 0 Å². The van der Waals surface area contributed by atoms with Gasteiger partial charge in [-0.1, -0.05) is 30.3 Å². The van der Waals surface area contributed by atoms with Crippen molar-refractivity contribution in [1.82, 2.24) is 0 Å². The van der Waals surface area contributed by atoms with Gasteiger partial charge in [-0.25, -0.2) is 0 Å². The maximum absolute atomic E-state index is 5.64. The summed E-state index contributed by atoms with van der Waals surface area (Å²) in [5.41, 5.74) is 0. The number of halogens is 1. The fourth-order valence-corrected chi connectivity index (χ4v) is 1.79. The van der Waals surface area contributed by atoms with E-state index < -0.39 is 0 Å². The summed E-state index contributed by atoms with van der Waals surface area (Å²) < 4.78 is 0. The van der Waals surface area contributed by atoms with Gasteiger partial charge in [0.05, 0.1) is 0 Å². The summed E-state index contributed by atoms with van der Waals surface area (Å²) in [4.78, 5) is 1.09. The zero-order valence-corrected chi connectivity index (χ0v) is 7.90.